The van der Waals surface area contributed by atoms with Crippen molar-refractivity contribution in [3.8, 4) is 11.8 Å². The van der Waals surface area contributed by atoms with Crippen LogP contribution in [0.1, 0.15) is 18.2 Å². The van der Waals surface area contributed by atoms with Crippen molar-refractivity contribution in [3.63, 3.8) is 0 Å². The lowest BCUT2D eigenvalue weighted by Crippen LogP contribution is -2.33. The van der Waals surface area contributed by atoms with Gasteiger partial charge in [-0.2, -0.15) is 0 Å². The number of aliphatic hydroxyl groups excluding tert-OH is 1. The second-order valence-electron chi connectivity index (χ2n) is 4.86. The molecule has 3 atom stereocenters. The number of hydrogen-bond acceptors (Lipinski definition) is 6. The lowest BCUT2D eigenvalue weighted by Gasteiger charge is -2.16. The average Bonchev–Trinajstić information content (AvgIpc) is 2.84. The summed E-state index contributed by atoms with van der Waals surface area (Å²) in [5.74, 6) is 4.30. The fraction of sp³-hybridized carbons (Fsp3) is 0.500. The summed E-state index contributed by atoms with van der Waals surface area (Å²) in [6, 6.07) is 0. The zero-order valence-electron chi connectivity index (χ0n) is 12.1. The van der Waals surface area contributed by atoms with Crippen molar-refractivity contribution in [2.24, 2.45) is 0 Å². The second-order valence-corrected chi connectivity index (χ2v) is 6.10. The largest absolute Gasteiger partial charge is 0.469 e. The number of phosphoric ester groups is 1. The summed E-state index contributed by atoms with van der Waals surface area (Å²) >= 11 is 0. The minimum Gasteiger partial charge on any atom is -0.390 e. The van der Waals surface area contributed by atoms with Crippen molar-refractivity contribution < 1.29 is 33.1 Å². The SMILES string of the molecule is O=c1[nH]c(=O)n([C@H]2C[C@@H](O)[C@@H](COP(=O)(O)O)O2)cc1C#CCF. The average molecular weight is 364 g/mol. The third-order valence-corrected chi connectivity index (χ3v) is 3.66. The normalized spacial score (nSPS) is 23.8. The first-order chi connectivity index (χ1) is 11.2. The first-order valence-electron chi connectivity index (χ1n) is 6.65. The molecule has 132 valence electrons. The van der Waals surface area contributed by atoms with E-state index in [1.54, 1.807) is 0 Å². The predicted octanol–water partition coefficient (Wildman–Crippen LogP) is -1.38. The van der Waals surface area contributed by atoms with Crippen molar-refractivity contribution >= 4 is 7.82 Å². The molecule has 1 fully saturated rings. The number of hydrogen-bond donors (Lipinski definition) is 4. The maximum atomic E-state index is 12.1. The first kappa shape index (κ1) is 18.5. The minimum absolute atomic E-state index is 0.0862. The van der Waals surface area contributed by atoms with Gasteiger partial charge < -0.3 is 19.6 Å². The Balaban J connectivity index is 2.22. The summed E-state index contributed by atoms with van der Waals surface area (Å²) in [6.45, 7) is -1.56. The van der Waals surface area contributed by atoms with Crippen LogP contribution in [0.15, 0.2) is 15.8 Å². The molecular formula is C12H14FN2O8P. The number of ether oxygens (including phenoxy) is 1. The van der Waals surface area contributed by atoms with E-state index in [0.717, 1.165) is 10.8 Å². The number of alkyl halides is 1. The summed E-state index contributed by atoms with van der Waals surface area (Å²) < 4.78 is 33.3. The third kappa shape index (κ3) is 4.61. The van der Waals surface area contributed by atoms with Crippen LogP contribution < -0.4 is 11.2 Å². The van der Waals surface area contributed by atoms with Gasteiger partial charge in [0.05, 0.1) is 12.7 Å². The Hall–Kier alpha value is -1.80. The standard InChI is InChI=1S/C12H14FN2O8P/c13-3-1-2-7-5-15(12(18)14-11(7)17)10-4-8(16)9(23-10)6-22-24(19,20)21/h5,8-10,16H,3-4,6H2,(H,14,17,18)(H2,19,20,21)/t8-,9-,10-/m1/s1. The Labute approximate surface area is 134 Å². The van der Waals surface area contributed by atoms with Crippen LogP contribution in [0, 0.1) is 11.8 Å². The highest BCUT2D eigenvalue weighted by molar-refractivity contribution is 7.46. The van der Waals surface area contributed by atoms with Gasteiger partial charge in [-0.25, -0.2) is 13.8 Å². The molecule has 12 heteroatoms. The van der Waals surface area contributed by atoms with E-state index in [2.05, 4.69) is 10.4 Å². The van der Waals surface area contributed by atoms with Gasteiger partial charge >= 0.3 is 13.5 Å². The zero-order valence-corrected chi connectivity index (χ0v) is 13.0. The van der Waals surface area contributed by atoms with Gasteiger partial charge in [0, 0.05) is 12.6 Å². The molecule has 0 aliphatic carbocycles. The molecular weight excluding hydrogens is 350 g/mol. The first-order valence-corrected chi connectivity index (χ1v) is 8.18. The van der Waals surface area contributed by atoms with Crippen LogP contribution in [0.25, 0.3) is 0 Å². The van der Waals surface area contributed by atoms with E-state index >= 15 is 0 Å². The molecule has 0 spiro atoms. The topological polar surface area (TPSA) is 151 Å². The highest BCUT2D eigenvalue weighted by atomic mass is 31.2. The quantitative estimate of drug-likeness (QED) is 0.377. The number of aromatic nitrogens is 2. The molecule has 1 aliphatic heterocycles. The molecule has 0 aromatic carbocycles. The van der Waals surface area contributed by atoms with Crippen molar-refractivity contribution in [1.29, 1.82) is 0 Å². The molecule has 0 unspecified atom stereocenters. The second kappa shape index (κ2) is 7.40. The van der Waals surface area contributed by atoms with Gasteiger partial charge in [0.15, 0.2) is 6.67 Å². The summed E-state index contributed by atoms with van der Waals surface area (Å²) in [6.07, 6.45) is -2.27. The molecule has 4 N–H and O–H groups in total. The van der Waals surface area contributed by atoms with Crippen LogP contribution in [0.2, 0.25) is 0 Å². The number of rotatable bonds is 4. The molecule has 0 amide bonds. The fourth-order valence-electron chi connectivity index (χ4n) is 2.12. The maximum Gasteiger partial charge on any atom is 0.469 e. The molecule has 1 aromatic heterocycles. The van der Waals surface area contributed by atoms with Crippen molar-refractivity contribution in [3.05, 3.63) is 32.6 Å². The van der Waals surface area contributed by atoms with E-state index in [0.29, 0.717) is 0 Å². The molecule has 2 rings (SSSR count). The lowest BCUT2D eigenvalue weighted by atomic mass is 10.2. The summed E-state index contributed by atoms with van der Waals surface area (Å²) in [5.41, 5.74) is -1.79. The number of halogens is 1. The van der Waals surface area contributed by atoms with Crippen LogP contribution in [0.5, 0.6) is 0 Å². The minimum atomic E-state index is -4.73. The summed E-state index contributed by atoms with van der Waals surface area (Å²) in [7, 11) is -4.73. The summed E-state index contributed by atoms with van der Waals surface area (Å²) in [5, 5.41) is 9.85. The van der Waals surface area contributed by atoms with Gasteiger partial charge in [-0.15, -0.1) is 0 Å². The van der Waals surface area contributed by atoms with Crippen LogP contribution in [-0.4, -0.2) is 49.9 Å². The zero-order chi connectivity index (χ0) is 17.9. The number of aromatic amines is 1. The van der Waals surface area contributed by atoms with Crippen molar-refractivity contribution in [1.82, 2.24) is 9.55 Å². The smallest absolute Gasteiger partial charge is 0.390 e. The Bertz CT molecular complexity index is 819. The highest BCUT2D eigenvalue weighted by Crippen LogP contribution is 2.38. The van der Waals surface area contributed by atoms with Crippen LogP contribution >= 0.6 is 7.82 Å². The van der Waals surface area contributed by atoms with Gasteiger partial charge in [-0.05, 0) is 0 Å². The van der Waals surface area contributed by atoms with Gasteiger partial charge in [-0.1, -0.05) is 11.8 Å². The molecule has 2 heterocycles. The lowest BCUT2D eigenvalue weighted by molar-refractivity contribution is -0.0451. The monoisotopic (exact) mass is 364 g/mol. The van der Waals surface area contributed by atoms with Crippen LogP contribution in [-0.2, 0) is 13.8 Å². The predicted molar refractivity (Wildman–Crippen MR) is 76.7 cm³/mol. The molecule has 0 bridgehead atoms. The van der Waals surface area contributed by atoms with E-state index in [1.165, 1.54) is 0 Å². The van der Waals surface area contributed by atoms with Gasteiger partial charge in [-0.3, -0.25) is 18.9 Å². The summed E-state index contributed by atoms with van der Waals surface area (Å²) in [4.78, 5) is 42.7. The molecule has 1 saturated heterocycles. The molecule has 10 nitrogen and oxygen atoms in total. The van der Waals surface area contributed by atoms with E-state index in [-0.39, 0.29) is 12.0 Å². The molecule has 24 heavy (non-hydrogen) atoms. The highest BCUT2D eigenvalue weighted by Gasteiger charge is 2.37. The van der Waals surface area contributed by atoms with Crippen LogP contribution in [0.4, 0.5) is 4.39 Å². The number of aliphatic hydroxyl groups is 1. The Kier molecular flexibility index (Phi) is 5.71. The van der Waals surface area contributed by atoms with E-state index in [1.807, 2.05) is 10.9 Å². The number of nitrogens with zero attached hydrogens (tertiary/aromatic N) is 1. The fourth-order valence-corrected chi connectivity index (χ4v) is 2.46. The maximum absolute atomic E-state index is 12.1. The Morgan fingerprint density at radius 3 is 2.83 bits per heavy atom. The van der Waals surface area contributed by atoms with Crippen molar-refractivity contribution in [2.45, 2.75) is 24.9 Å². The van der Waals surface area contributed by atoms with E-state index in [4.69, 9.17) is 14.5 Å². The molecule has 1 aromatic rings. The Morgan fingerprint density at radius 1 is 1.50 bits per heavy atom. The van der Waals surface area contributed by atoms with E-state index in [9.17, 15) is 23.7 Å². The van der Waals surface area contributed by atoms with Crippen molar-refractivity contribution in [2.75, 3.05) is 13.3 Å². The molecule has 0 radical (unpaired) electrons. The molecule has 1 aliphatic rings. The van der Waals surface area contributed by atoms with Gasteiger partial charge in [0.25, 0.3) is 5.56 Å². The number of phosphoric acid groups is 1. The molecule has 0 saturated carbocycles. The third-order valence-electron chi connectivity index (χ3n) is 3.18. The van der Waals surface area contributed by atoms with E-state index < -0.39 is 50.8 Å². The number of nitrogens with one attached hydrogen (secondary N) is 1. The van der Waals surface area contributed by atoms with Crippen LogP contribution in [0.3, 0.4) is 0 Å². The van der Waals surface area contributed by atoms with Gasteiger partial charge in [0.2, 0.25) is 0 Å². The Morgan fingerprint density at radius 2 is 2.21 bits per heavy atom. The number of H-pyrrole nitrogens is 1. The van der Waals surface area contributed by atoms with Gasteiger partial charge in [0.1, 0.15) is 17.9 Å².